The molecule has 2 amide bonds. The molecule has 2 atom stereocenters. The van der Waals surface area contributed by atoms with Gasteiger partial charge < -0.3 is 15.3 Å². The second-order valence-electron chi connectivity index (χ2n) is 5.65. The van der Waals surface area contributed by atoms with Gasteiger partial charge in [0, 0.05) is 18.9 Å². The van der Waals surface area contributed by atoms with Crippen molar-refractivity contribution in [3.05, 3.63) is 30.1 Å². The molecule has 21 heavy (non-hydrogen) atoms. The fraction of sp³-hybridized carbons (Fsp3) is 0.533. The van der Waals surface area contributed by atoms with Gasteiger partial charge >= 0.3 is 12.0 Å². The molecule has 2 N–H and O–H groups in total. The Balaban J connectivity index is 2.10. The van der Waals surface area contributed by atoms with Gasteiger partial charge in [0.25, 0.3) is 0 Å². The van der Waals surface area contributed by atoms with Crippen LogP contribution in [0.2, 0.25) is 0 Å². The number of carbonyl (C=O) groups excluding carboxylic acids is 1. The molecule has 0 aliphatic carbocycles. The predicted molar refractivity (Wildman–Crippen MR) is 77.8 cm³/mol. The fourth-order valence-electron chi connectivity index (χ4n) is 2.65. The third-order valence-electron chi connectivity index (χ3n) is 4.12. The van der Waals surface area contributed by atoms with E-state index in [2.05, 4.69) is 10.3 Å². The van der Waals surface area contributed by atoms with Crippen LogP contribution >= 0.6 is 0 Å². The number of aliphatic carboxylic acids is 1. The third kappa shape index (κ3) is 3.15. The Morgan fingerprint density at radius 3 is 2.86 bits per heavy atom. The first-order valence-corrected chi connectivity index (χ1v) is 7.16. The first kappa shape index (κ1) is 15.3. The van der Waals surface area contributed by atoms with Crippen LogP contribution in [0.25, 0.3) is 0 Å². The van der Waals surface area contributed by atoms with E-state index in [0.29, 0.717) is 13.0 Å². The molecule has 0 aromatic carbocycles. The van der Waals surface area contributed by atoms with Crippen molar-refractivity contribution < 1.29 is 14.7 Å². The molecule has 1 aromatic heterocycles. The summed E-state index contributed by atoms with van der Waals surface area (Å²) < 4.78 is 0. The molecular formula is C15H21N3O3. The van der Waals surface area contributed by atoms with E-state index in [1.165, 1.54) is 4.90 Å². The van der Waals surface area contributed by atoms with E-state index < -0.39 is 11.5 Å². The van der Waals surface area contributed by atoms with Gasteiger partial charge in [0.15, 0.2) is 0 Å². The van der Waals surface area contributed by atoms with Gasteiger partial charge in [-0.25, -0.2) is 9.59 Å². The summed E-state index contributed by atoms with van der Waals surface area (Å²) >= 11 is 0. The van der Waals surface area contributed by atoms with Gasteiger partial charge in [0.05, 0.1) is 6.04 Å². The largest absolute Gasteiger partial charge is 0.480 e. The lowest BCUT2D eigenvalue weighted by Gasteiger charge is -2.41. The molecule has 0 radical (unpaired) electrons. The number of likely N-dealkylation sites (tertiary alicyclic amines) is 1. The molecule has 0 saturated carbocycles. The van der Waals surface area contributed by atoms with Crippen molar-refractivity contribution in [1.29, 1.82) is 0 Å². The fourth-order valence-corrected chi connectivity index (χ4v) is 2.65. The first-order valence-electron chi connectivity index (χ1n) is 7.16. The molecule has 6 heteroatoms. The first-order chi connectivity index (χ1) is 9.95. The monoisotopic (exact) mass is 291 g/mol. The molecule has 1 aromatic rings. The molecule has 6 nitrogen and oxygen atoms in total. The van der Waals surface area contributed by atoms with Crippen LogP contribution in [0.15, 0.2) is 24.5 Å². The van der Waals surface area contributed by atoms with E-state index in [1.807, 2.05) is 13.0 Å². The van der Waals surface area contributed by atoms with E-state index in [1.54, 1.807) is 25.4 Å². The zero-order chi connectivity index (χ0) is 15.5. The molecule has 2 unspecified atom stereocenters. The van der Waals surface area contributed by atoms with Crippen molar-refractivity contribution in [2.75, 3.05) is 6.54 Å². The quantitative estimate of drug-likeness (QED) is 0.894. The van der Waals surface area contributed by atoms with E-state index in [-0.39, 0.29) is 12.1 Å². The van der Waals surface area contributed by atoms with Crippen molar-refractivity contribution in [2.45, 2.75) is 44.7 Å². The summed E-state index contributed by atoms with van der Waals surface area (Å²) in [5, 5.41) is 12.3. The summed E-state index contributed by atoms with van der Waals surface area (Å²) in [4.78, 5) is 29.4. The van der Waals surface area contributed by atoms with Crippen molar-refractivity contribution >= 4 is 12.0 Å². The topological polar surface area (TPSA) is 82.5 Å². The standard InChI is InChI=1S/C15H21N3O3/c1-11(12-6-5-8-16-10-12)17-14(21)18-9-4-3-7-15(18,2)13(19)20/h5-6,8,10-11H,3-4,7,9H2,1-2H3,(H,17,21)(H,19,20). The second kappa shape index (κ2) is 6.11. The number of rotatable bonds is 3. The highest BCUT2D eigenvalue weighted by molar-refractivity contribution is 5.86. The van der Waals surface area contributed by atoms with Crippen LogP contribution in [0.4, 0.5) is 4.79 Å². The number of nitrogens with zero attached hydrogens (tertiary/aromatic N) is 2. The number of nitrogens with one attached hydrogen (secondary N) is 1. The van der Waals surface area contributed by atoms with E-state index in [0.717, 1.165) is 18.4 Å². The third-order valence-corrected chi connectivity index (χ3v) is 4.12. The SMILES string of the molecule is CC(NC(=O)N1CCCCC1(C)C(=O)O)c1cccnc1. The Bertz CT molecular complexity index is 520. The molecule has 2 rings (SSSR count). The van der Waals surface area contributed by atoms with Crippen molar-refractivity contribution in [2.24, 2.45) is 0 Å². The summed E-state index contributed by atoms with van der Waals surface area (Å²) in [5.41, 5.74) is -0.239. The number of pyridine rings is 1. The number of carboxylic acids is 1. The van der Waals surface area contributed by atoms with Gasteiger partial charge in [-0.05, 0) is 44.7 Å². The lowest BCUT2D eigenvalue weighted by Crippen LogP contribution is -2.60. The van der Waals surface area contributed by atoms with E-state index in [4.69, 9.17) is 0 Å². The maximum atomic E-state index is 12.4. The predicted octanol–water partition coefficient (Wildman–Crippen LogP) is 2.18. The van der Waals surface area contributed by atoms with Gasteiger partial charge in [-0.3, -0.25) is 4.98 Å². The van der Waals surface area contributed by atoms with Gasteiger partial charge in [0.1, 0.15) is 5.54 Å². The smallest absolute Gasteiger partial charge is 0.329 e. The molecule has 1 saturated heterocycles. The molecule has 2 heterocycles. The summed E-state index contributed by atoms with van der Waals surface area (Å²) in [6, 6.07) is 3.13. The average Bonchev–Trinajstić information content (AvgIpc) is 2.48. The minimum absolute atomic E-state index is 0.217. The zero-order valence-corrected chi connectivity index (χ0v) is 12.4. The van der Waals surface area contributed by atoms with Crippen LogP contribution in [0.1, 0.15) is 44.7 Å². The van der Waals surface area contributed by atoms with Crippen molar-refractivity contribution in [1.82, 2.24) is 15.2 Å². The van der Waals surface area contributed by atoms with Gasteiger partial charge in [-0.1, -0.05) is 6.07 Å². The molecule has 1 fully saturated rings. The number of carboxylic acid groups (broad SMARTS) is 1. The lowest BCUT2D eigenvalue weighted by atomic mass is 9.89. The number of urea groups is 1. The zero-order valence-electron chi connectivity index (χ0n) is 12.4. The highest BCUT2D eigenvalue weighted by Gasteiger charge is 2.44. The normalized spacial score (nSPS) is 23.4. The minimum Gasteiger partial charge on any atom is -0.480 e. The Kier molecular flexibility index (Phi) is 4.45. The molecule has 0 bridgehead atoms. The summed E-state index contributed by atoms with van der Waals surface area (Å²) in [7, 11) is 0. The van der Waals surface area contributed by atoms with E-state index in [9.17, 15) is 14.7 Å². The summed E-state index contributed by atoms with van der Waals surface area (Å²) in [5.74, 6) is -0.952. The van der Waals surface area contributed by atoms with Crippen LogP contribution in [0, 0.1) is 0 Å². The molecule has 1 aliphatic rings. The second-order valence-corrected chi connectivity index (χ2v) is 5.65. The number of carbonyl (C=O) groups is 2. The lowest BCUT2D eigenvalue weighted by molar-refractivity contribution is -0.150. The van der Waals surface area contributed by atoms with Gasteiger partial charge in [-0.15, -0.1) is 0 Å². The highest BCUT2D eigenvalue weighted by atomic mass is 16.4. The molecular weight excluding hydrogens is 270 g/mol. The van der Waals surface area contributed by atoms with E-state index >= 15 is 0 Å². The Morgan fingerprint density at radius 1 is 1.48 bits per heavy atom. The maximum Gasteiger partial charge on any atom is 0.329 e. The van der Waals surface area contributed by atoms with Crippen molar-refractivity contribution in [3.63, 3.8) is 0 Å². The highest BCUT2D eigenvalue weighted by Crippen LogP contribution is 2.28. The summed E-state index contributed by atoms with van der Waals surface area (Å²) in [6.45, 7) is 3.94. The van der Waals surface area contributed by atoms with Crippen LogP contribution in [0.5, 0.6) is 0 Å². The molecule has 0 spiro atoms. The Hall–Kier alpha value is -2.11. The minimum atomic E-state index is -1.13. The van der Waals surface area contributed by atoms with Crippen LogP contribution in [-0.4, -0.2) is 39.1 Å². The number of hydrogen-bond donors (Lipinski definition) is 2. The molecule has 114 valence electrons. The van der Waals surface area contributed by atoms with Crippen LogP contribution in [0.3, 0.4) is 0 Å². The van der Waals surface area contributed by atoms with Gasteiger partial charge in [-0.2, -0.15) is 0 Å². The number of amides is 2. The number of aromatic nitrogens is 1. The maximum absolute atomic E-state index is 12.4. The average molecular weight is 291 g/mol. The van der Waals surface area contributed by atoms with Crippen LogP contribution in [-0.2, 0) is 4.79 Å². The molecule has 1 aliphatic heterocycles. The van der Waals surface area contributed by atoms with Crippen molar-refractivity contribution in [3.8, 4) is 0 Å². The number of piperidine rings is 1. The summed E-state index contributed by atoms with van der Waals surface area (Å²) in [6.07, 6.45) is 5.50. The number of hydrogen-bond acceptors (Lipinski definition) is 3. The Labute approximate surface area is 124 Å². The van der Waals surface area contributed by atoms with Gasteiger partial charge in [0.2, 0.25) is 0 Å². The Morgan fingerprint density at radius 2 is 2.24 bits per heavy atom. The van der Waals surface area contributed by atoms with Crippen LogP contribution < -0.4 is 5.32 Å².